The van der Waals surface area contributed by atoms with E-state index in [1.807, 2.05) is 44.2 Å². The zero-order valence-corrected chi connectivity index (χ0v) is 14.4. The topological polar surface area (TPSA) is 60.9 Å². The van der Waals surface area contributed by atoms with E-state index in [0.717, 1.165) is 18.4 Å². The fourth-order valence-electron chi connectivity index (χ4n) is 3.65. The maximum atomic E-state index is 13.2. The summed E-state index contributed by atoms with van der Waals surface area (Å²) in [5.74, 6) is -0.0384. The molecule has 0 aromatic heterocycles. The normalized spacial score (nSPS) is 25.0. The van der Waals surface area contributed by atoms with Crippen molar-refractivity contribution in [3.63, 3.8) is 0 Å². The Bertz CT molecular complexity index is 614. The van der Waals surface area contributed by atoms with Crippen molar-refractivity contribution in [2.75, 3.05) is 19.6 Å². The molecular weight excluding hydrogens is 304 g/mol. The summed E-state index contributed by atoms with van der Waals surface area (Å²) in [5.41, 5.74) is 0.528. The molecule has 0 saturated carbocycles. The largest absolute Gasteiger partial charge is 0.391 e. The first kappa shape index (κ1) is 17.0. The van der Waals surface area contributed by atoms with E-state index in [2.05, 4.69) is 0 Å². The van der Waals surface area contributed by atoms with Gasteiger partial charge in [-0.05, 0) is 18.4 Å². The zero-order chi connectivity index (χ0) is 17.3. The van der Waals surface area contributed by atoms with E-state index in [1.54, 1.807) is 9.80 Å². The first-order chi connectivity index (χ1) is 11.4. The van der Waals surface area contributed by atoms with Gasteiger partial charge in [-0.25, -0.2) is 0 Å². The molecule has 1 aromatic rings. The van der Waals surface area contributed by atoms with E-state index >= 15 is 0 Å². The van der Waals surface area contributed by atoms with Crippen LogP contribution in [0.25, 0.3) is 0 Å². The fourth-order valence-corrected chi connectivity index (χ4v) is 3.65. The molecule has 2 amide bonds. The predicted octanol–water partition coefficient (Wildman–Crippen LogP) is 1.97. The van der Waals surface area contributed by atoms with Gasteiger partial charge in [-0.2, -0.15) is 0 Å². The van der Waals surface area contributed by atoms with Crippen molar-refractivity contribution in [2.24, 2.45) is 5.41 Å². The Labute approximate surface area is 143 Å². The lowest BCUT2D eigenvalue weighted by Gasteiger charge is -2.36. The number of aliphatic hydroxyl groups is 1. The summed E-state index contributed by atoms with van der Waals surface area (Å²) >= 11 is 0. The molecule has 1 N–H and O–H groups in total. The molecular formula is C19H26N2O3. The molecule has 2 saturated heterocycles. The lowest BCUT2D eigenvalue weighted by molar-refractivity contribution is -0.147. The molecule has 0 bridgehead atoms. The van der Waals surface area contributed by atoms with Crippen LogP contribution < -0.4 is 0 Å². The maximum Gasteiger partial charge on any atom is 0.250 e. The van der Waals surface area contributed by atoms with Crippen LogP contribution in [0.1, 0.15) is 44.7 Å². The minimum Gasteiger partial charge on any atom is -0.391 e. The van der Waals surface area contributed by atoms with Crippen molar-refractivity contribution in [3.8, 4) is 0 Å². The van der Waals surface area contributed by atoms with Crippen molar-refractivity contribution in [3.05, 3.63) is 35.9 Å². The van der Waals surface area contributed by atoms with Crippen molar-refractivity contribution >= 4 is 11.8 Å². The van der Waals surface area contributed by atoms with Crippen LogP contribution in [-0.2, 0) is 9.59 Å². The van der Waals surface area contributed by atoms with Crippen LogP contribution in [-0.4, -0.2) is 52.5 Å². The van der Waals surface area contributed by atoms with Crippen molar-refractivity contribution in [2.45, 2.75) is 45.3 Å². The van der Waals surface area contributed by atoms with Crippen LogP contribution in [0.15, 0.2) is 30.3 Å². The zero-order valence-electron chi connectivity index (χ0n) is 14.4. The average Bonchev–Trinajstić information content (AvgIpc) is 2.84. The third-order valence-electron chi connectivity index (χ3n) is 5.23. The molecule has 1 aromatic carbocycles. The Morgan fingerprint density at radius 1 is 1.25 bits per heavy atom. The summed E-state index contributed by atoms with van der Waals surface area (Å²) in [6.07, 6.45) is 1.79. The second-order valence-electron chi connectivity index (χ2n) is 7.58. The van der Waals surface area contributed by atoms with Gasteiger partial charge < -0.3 is 14.9 Å². The van der Waals surface area contributed by atoms with Crippen molar-refractivity contribution < 1.29 is 14.7 Å². The minimum absolute atomic E-state index is 0.0439. The maximum absolute atomic E-state index is 13.2. The predicted molar refractivity (Wildman–Crippen MR) is 91.1 cm³/mol. The van der Waals surface area contributed by atoms with Crippen LogP contribution in [0.3, 0.4) is 0 Å². The van der Waals surface area contributed by atoms with E-state index < -0.39 is 12.1 Å². The van der Waals surface area contributed by atoms with Gasteiger partial charge >= 0.3 is 0 Å². The van der Waals surface area contributed by atoms with Gasteiger partial charge in [0.1, 0.15) is 6.04 Å². The molecule has 0 aliphatic carbocycles. The summed E-state index contributed by atoms with van der Waals surface area (Å²) in [6.45, 7) is 5.39. The highest BCUT2D eigenvalue weighted by Crippen LogP contribution is 2.34. The molecule has 3 rings (SSSR count). The van der Waals surface area contributed by atoms with E-state index in [-0.39, 0.29) is 17.2 Å². The highest BCUT2D eigenvalue weighted by Gasteiger charge is 2.44. The Morgan fingerprint density at radius 2 is 1.96 bits per heavy atom. The highest BCUT2D eigenvalue weighted by molar-refractivity contribution is 5.89. The summed E-state index contributed by atoms with van der Waals surface area (Å²) in [6, 6.07) is 8.93. The van der Waals surface area contributed by atoms with Crippen LogP contribution in [0.4, 0.5) is 0 Å². The SMILES string of the molecule is CC1(C)CN(C(=O)[C@@H](c2ccccc2)N2CCCCC2=O)C[C@H]1O. The molecule has 2 aliphatic heterocycles. The van der Waals surface area contributed by atoms with E-state index in [4.69, 9.17) is 0 Å². The number of nitrogens with zero attached hydrogens (tertiary/aromatic N) is 2. The number of aliphatic hydroxyl groups excluding tert-OH is 1. The number of benzene rings is 1. The number of β-amino-alcohol motifs (C(OH)–C–C–N with tert-alkyl or cyclic N) is 1. The second kappa shape index (κ2) is 6.55. The Morgan fingerprint density at radius 3 is 2.54 bits per heavy atom. The lowest BCUT2D eigenvalue weighted by Crippen LogP contribution is -2.47. The first-order valence-corrected chi connectivity index (χ1v) is 8.71. The smallest absolute Gasteiger partial charge is 0.250 e. The van der Waals surface area contributed by atoms with Crippen molar-refractivity contribution in [1.29, 1.82) is 0 Å². The van der Waals surface area contributed by atoms with E-state index in [9.17, 15) is 14.7 Å². The summed E-state index contributed by atoms with van der Waals surface area (Å²) in [4.78, 5) is 29.1. The summed E-state index contributed by atoms with van der Waals surface area (Å²) in [5, 5.41) is 10.2. The van der Waals surface area contributed by atoms with Crippen LogP contribution in [0.2, 0.25) is 0 Å². The molecule has 0 spiro atoms. The number of carbonyl (C=O) groups is 2. The average molecular weight is 330 g/mol. The number of hydrogen-bond donors (Lipinski definition) is 1. The van der Waals surface area contributed by atoms with Gasteiger partial charge in [0.2, 0.25) is 11.8 Å². The molecule has 2 aliphatic rings. The molecule has 24 heavy (non-hydrogen) atoms. The quantitative estimate of drug-likeness (QED) is 0.922. The standard InChI is InChI=1S/C19H26N2O3/c1-19(2)13-20(12-15(19)22)18(24)17(14-8-4-3-5-9-14)21-11-7-6-10-16(21)23/h3-5,8-9,15,17,22H,6-7,10-13H2,1-2H3/t15-,17-/m1/s1. The molecule has 2 fully saturated rings. The summed E-state index contributed by atoms with van der Waals surface area (Å²) in [7, 11) is 0. The number of carbonyl (C=O) groups excluding carboxylic acids is 2. The number of hydrogen-bond acceptors (Lipinski definition) is 3. The highest BCUT2D eigenvalue weighted by atomic mass is 16.3. The monoisotopic (exact) mass is 330 g/mol. The first-order valence-electron chi connectivity index (χ1n) is 8.71. The van der Waals surface area contributed by atoms with Crippen LogP contribution in [0.5, 0.6) is 0 Å². The Hall–Kier alpha value is -1.88. The van der Waals surface area contributed by atoms with Gasteiger partial charge in [0.05, 0.1) is 6.10 Å². The van der Waals surface area contributed by atoms with Gasteiger partial charge in [0.25, 0.3) is 0 Å². The third kappa shape index (κ3) is 3.18. The number of amides is 2. The van der Waals surface area contributed by atoms with Crippen LogP contribution >= 0.6 is 0 Å². The molecule has 0 unspecified atom stereocenters. The lowest BCUT2D eigenvalue weighted by atomic mass is 9.90. The second-order valence-corrected chi connectivity index (χ2v) is 7.58. The van der Waals surface area contributed by atoms with E-state index in [0.29, 0.717) is 26.1 Å². The Balaban J connectivity index is 1.90. The molecule has 130 valence electrons. The third-order valence-corrected chi connectivity index (χ3v) is 5.23. The molecule has 5 heteroatoms. The number of piperidine rings is 1. The Kier molecular flexibility index (Phi) is 4.63. The fraction of sp³-hybridized carbons (Fsp3) is 0.579. The van der Waals surface area contributed by atoms with Crippen molar-refractivity contribution in [1.82, 2.24) is 9.80 Å². The summed E-state index contributed by atoms with van der Waals surface area (Å²) < 4.78 is 0. The van der Waals surface area contributed by atoms with Gasteiger partial charge in [0, 0.05) is 31.5 Å². The van der Waals surface area contributed by atoms with Crippen LogP contribution in [0, 0.1) is 5.41 Å². The molecule has 0 radical (unpaired) electrons. The molecule has 5 nitrogen and oxygen atoms in total. The van der Waals surface area contributed by atoms with E-state index in [1.165, 1.54) is 0 Å². The number of likely N-dealkylation sites (tertiary alicyclic amines) is 2. The van der Waals surface area contributed by atoms with Gasteiger partial charge in [0.15, 0.2) is 0 Å². The molecule has 2 atom stereocenters. The van der Waals surface area contributed by atoms with Gasteiger partial charge in [-0.3, -0.25) is 9.59 Å². The van der Waals surface area contributed by atoms with Gasteiger partial charge in [-0.15, -0.1) is 0 Å². The number of rotatable bonds is 3. The minimum atomic E-state index is -0.583. The molecule has 2 heterocycles. The van der Waals surface area contributed by atoms with Gasteiger partial charge in [-0.1, -0.05) is 44.2 Å².